The average molecular weight is 416 g/mol. The van der Waals surface area contributed by atoms with Crippen molar-refractivity contribution in [2.75, 3.05) is 6.61 Å². The Morgan fingerprint density at radius 3 is 1.90 bits per heavy atom. The van der Waals surface area contributed by atoms with Crippen LogP contribution in [0.1, 0.15) is 20.8 Å². The predicted octanol–water partition coefficient (Wildman–Crippen LogP) is -0.224. The number of esters is 3. The number of alkyl halides is 1. The second kappa shape index (κ2) is 9.66. The van der Waals surface area contributed by atoms with E-state index >= 15 is 0 Å². The minimum Gasteiger partial charge on any atom is -0.463 e. The van der Waals surface area contributed by atoms with Crippen LogP contribution in [0.2, 0.25) is 0 Å². The van der Waals surface area contributed by atoms with Crippen molar-refractivity contribution < 1.29 is 38.5 Å². The molecule has 0 bridgehead atoms. The summed E-state index contributed by atoms with van der Waals surface area (Å²) in [6.07, 6.45) is -3.49. The molecule has 0 fully saturated rings. The molecular formula is C12H17IO8. The number of aliphatic hydroxyl groups excluding tert-OH is 1. The molecule has 0 saturated carbocycles. The van der Waals surface area contributed by atoms with E-state index in [0.717, 1.165) is 20.8 Å². The van der Waals surface area contributed by atoms with Crippen molar-refractivity contribution in [2.45, 2.75) is 43.0 Å². The Bertz CT molecular complexity index is 397. The molecule has 0 spiro atoms. The lowest BCUT2D eigenvalue weighted by Gasteiger charge is -2.30. The minimum atomic E-state index is -1.45. The lowest BCUT2D eigenvalue weighted by molar-refractivity contribution is -0.179. The van der Waals surface area contributed by atoms with Gasteiger partial charge in [-0.25, -0.2) is 0 Å². The molecule has 0 radical (unpaired) electrons. The highest BCUT2D eigenvalue weighted by molar-refractivity contribution is 14.1. The van der Waals surface area contributed by atoms with E-state index in [-0.39, 0.29) is 0 Å². The van der Waals surface area contributed by atoms with E-state index in [2.05, 4.69) is 4.74 Å². The fraction of sp³-hybridized carbons (Fsp3) is 0.667. The van der Waals surface area contributed by atoms with E-state index in [1.807, 2.05) is 0 Å². The molecular weight excluding hydrogens is 399 g/mol. The molecule has 0 rings (SSSR count). The van der Waals surface area contributed by atoms with Gasteiger partial charge in [0.2, 0.25) is 0 Å². The zero-order valence-corrected chi connectivity index (χ0v) is 13.9. The lowest BCUT2D eigenvalue weighted by Crippen LogP contribution is -2.49. The average Bonchev–Trinajstić information content (AvgIpc) is 2.38. The van der Waals surface area contributed by atoms with E-state index in [4.69, 9.17) is 9.47 Å². The van der Waals surface area contributed by atoms with Crippen molar-refractivity contribution in [3.8, 4) is 0 Å². The van der Waals surface area contributed by atoms with Crippen molar-refractivity contribution in [1.82, 2.24) is 0 Å². The number of ether oxygens (including phenoxy) is 3. The highest BCUT2D eigenvalue weighted by Crippen LogP contribution is 2.19. The Kier molecular flexibility index (Phi) is 9.09. The third-order valence-electron chi connectivity index (χ3n) is 2.21. The van der Waals surface area contributed by atoms with Crippen molar-refractivity contribution >= 4 is 46.8 Å². The molecule has 0 aromatic rings. The summed E-state index contributed by atoms with van der Waals surface area (Å²) >= 11 is 1.68. The van der Waals surface area contributed by atoms with Crippen molar-refractivity contribution in [3.05, 3.63) is 0 Å². The predicted molar refractivity (Wildman–Crippen MR) is 77.6 cm³/mol. The third kappa shape index (κ3) is 7.95. The van der Waals surface area contributed by atoms with Crippen LogP contribution >= 0.6 is 22.6 Å². The van der Waals surface area contributed by atoms with Gasteiger partial charge in [0.25, 0.3) is 0 Å². The molecule has 4 atom stereocenters. The zero-order valence-electron chi connectivity index (χ0n) is 11.8. The Balaban J connectivity index is 5.18. The van der Waals surface area contributed by atoms with E-state index in [1.165, 1.54) is 0 Å². The molecule has 21 heavy (non-hydrogen) atoms. The van der Waals surface area contributed by atoms with Crippen LogP contribution in [-0.2, 0) is 33.4 Å². The van der Waals surface area contributed by atoms with Crippen molar-refractivity contribution in [3.63, 3.8) is 0 Å². The molecule has 0 aromatic carbocycles. The Labute approximate surface area is 135 Å². The third-order valence-corrected chi connectivity index (χ3v) is 3.21. The standard InChI is InChI=1S/C12H17IO8/c1-6(15)19-5-10(18)12(21-8(3)17)11(9(13)4-14)20-7(2)16/h4,9-12,18H,5H2,1-3H3/t9-,10+,11+,12+/m0/s1. The zero-order chi connectivity index (χ0) is 16.6. The maximum absolute atomic E-state index is 11.1. The van der Waals surface area contributed by atoms with Gasteiger partial charge >= 0.3 is 17.9 Å². The lowest BCUT2D eigenvalue weighted by atomic mass is 10.1. The van der Waals surface area contributed by atoms with Gasteiger partial charge in [-0.05, 0) is 0 Å². The van der Waals surface area contributed by atoms with Crippen LogP contribution in [0.15, 0.2) is 0 Å². The summed E-state index contributed by atoms with van der Waals surface area (Å²) in [6, 6.07) is 0. The van der Waals surface area contributed by atoms with Gasteiger partial charge in [-0.1, -0.05) is 22.6 Å². The topological polar surface area (TPSA) is 116 Å². The second-order valence-corrected chi connectivity index (χ2v) is 5.54. The molecule has 1 N–H and O–H groups in total. The van der Waals surface area contributed by atoms with Crippen LogP contribution in [0.3, 0.4) is 0 Å². The van der Waals surface area contributed by atoms with Crippen molar-refractivity contribution in [1.29, 1.82) is 0 Å². The first kappa shape index (κ1) is 19.8. The van der Waals surface area contributed by atoms with Gasteiger partial charge in [0.15, 0.2) is 12.2 Å². The molecule has 0 aliphatic carbocycles. The molecule has 0 amide bonds. The first-order chi connectivity index (χ1) is 9.68. The summed E-state index contributed by atoms with van der Waals surface area (Å²) in [5.41, 5.74) is 0. The number of halogens is 1. The summed E-state index contributed by atoms with van der Waals surface area (Å²) < 4.78 is 13.6. The maximum atomic E-state index is 11.1. The van der Waals surface area contributed by atoms with Gasteiger partial charge in [0, 0.05) is 20.8 Å². The molecule has 8 nitrogen and oxygen atoms in total. The smallest absolute Gasteiger partial charge is 0.303 e. The maximum Gasteiger partial charge on any atom is 0.303 e. The normalized spacial score (nSPS) is 16.0. The van der Waals surface area contributed by atoms with E-state index < -0.39 is 46.8 Å². The van der Waals surface area contributed by atoms with Gasteiger partial charge in [0.1, 0.15) is 22.9 Å². The number of rotatable bonds is 8. The highest BCUT2D eigenvalue weighted by atomic mass is 127. The molecule has 0 aromatic heterocycles. The molecule has 0 heterocycles. The number of hydrogen-bond acceptors (Lipinski definition) is 8. The first-order valence-corrected chi connectivity index (χ1v) is 7.18. The van der Waals surface area contributed by atoms with Gasteiger partial charge in [-0.2, -0.15) is 0 Å². The van der Waals surface area contributed by atoms with Crippen LogP contribution in [0.4, 0.5) is 0 Å². The minimum absolute atomic E-state index is 0.465. The van der Waals surface area contributed by atoms with Gasteiger partial charge < -0.3 is 24.1 Å². The van der Waals surface area contributed by atoms with Gasteiger partial charge in [-0.15, -0.1) is 0 Å². The number of carbonyl (C=O) groups is 4. The van der Waals surface area contributed by atoms with E-state index in [9.17, 15) is 24.3 Å². The molecule has 0 saturated heterocycles. The SMILES string of the molecule is CC(=O)OC[C@@H](O)[C@@H](OC(C)=O)[C@H](OC(C)=O)[C@@H](I)C=O. The number of aliphatic hydroxyl groups is 1. The first-order valence-electron chi connectivity index (χ1n) is 5.94. The summed E-state index contributed by atoms with van der Waals surface area (Å²) in [4.78, 5) is 43.9. The quantitative estimate of drug-likeness (QED) is 0.190. The molecule has 0 aliphatic rings. The Hall–Kier alpha value is -1.23. The second-order valence-electron chi connectivity index (χ2n) is 4.10. The largest absolute Gasteiger partial charge is 0.463 e. The van der Waals surface area contributed by atoms with Crippen LogP contribution in [0.25, 0.3) is 0 Å². The summed E-state index contributed by atoms with van der Waals surface area (Å²) in [5.74, 6) is -2.09. The molecule has 9 heteroatoms. The Morgan fingerprint density at radius 1 is 1.05 bits per heavy atom. The fourth-order valence-electron chi connectivity index (χ4n) is 1.44. The summed E-state index contributed by atoms with van der Waals surface area (Å²) in [5, 5.41) is 9.97. The highest BCUT2D eigenvalue weighted by Gasteiger charge is 2.38. The van der Waals surface area contributed by atoms with Crippen LogP contribution in [-0.4, -0.2) is 58.1 Å². The fourth-order valence-corrected chi connectivity index (χ4v) is 1.99. The number of aldehydes is 1. The van der Waals surface area contributed by atoms with Crippen molar-refractivity contribution in [2.24, 2.45) is 0 Å². The van der Waals surface area contributed by atoms with Crippen LogP contribution in [0.5, 0.6) is 0 Å². The molecule has 120 valence electrons. The monoisotopic (exact) mass is 416 g/mol. The number of hydrogen-bond donors (Lipinski definition) is 1. The molecule has 0 aliphatic heterocycles. The summed E-state index contributed by atoms with van der Waals surface area (Å²) in [6.45, 7) is 2.89. The molecule has 0 unspecified atom stereocenters. The van der Waals surface area contributed by atoms with Crippen LogP contribution < -0.4 is 0 Å². The van der Waals surface area contributed by atoms with E-state index in [0.29, 0.717) is 6.29 Å². The summed E-state index contributed by atoms with van der Waals surface area (Å²) in [7, 11) is 0. The van der Waals surface area contributed by atoms with Gasteiger partial charge in [0.05, 0.1) is 0 Å². The van der Waals surface area contributed by atoms with Gasteiger partial charge in [-0.3, -0.25) is 14.4 Å². The Morgan fingerprint density at radius 2 is 1.52 bits per heavy atom. The van der Waals surface area contributed by atoms with E-state index in [1.54, 1.807) is 22.6 Å². The van der Waals surface area contributed by atoms with Crippen LogP contribution in [0, 0.1) is 0 Å². The number of carbonyl (C=O) groups excluding carboxylic acids is 4.